The number of rotatable bonds is 1. The first-order valence-electron chi connectivity index (χ1n) is 7.68. The third kappa shape index (κ3) is 1.97. The number of amides is 1. The molecular formula is C17H18INO4. The molecule has 1 aliphatic carbocycles. The van der Waals surface area contributed by atoms with Gasteiger partial charge in [-0.2, -0.15) is 0 Å². The zero-order valence-corrected chi connectivity index (χ0v) is 15.2. The molecule has 1 spiro atoms. The first-order valence-corrected chi connectivity index (χ1v) is 8.76. The van der Waals surface area contributed by atoms with Crippen molar-refractivity contribution in [1.29, 1.82) is 0 Å². The van der Waals surface area contributed by atoms with E-state index >= 15 is 0 Å². The minimum absolute atomic E-state index is 0.0222. The number of carbonyl (C=O) groups is 1. The van der Waals surface area contributed by atoms with Gasteiger partial charge in [-0.05, 0) is 35.1 Å². The predicted molar refractivity (Wildman–Crippen MR) is 93.1 cm³/mol. The summed E-state index contributed by atoms with van der Waals surface area (Å²) in [6, 6.07) is 1.86. The van der Waals surface area contributed by atoms with E-state index in [1.807, 2.05) is 25.3 Å². The van der Waals surface area contributed by atoms with Crippen LogP contribution < -0.4 is 9.47 Å². The summed E-state index contributed by atoms with van der Waals surface area (Å²) in [7, 11) is 3.45. The first-order chi connectivity index (χ1) is 11.0. The number of aliphatic hydroxyl groups excluding tert-OH is 1. The molecule has 1 N–H and O–H groups in total. The molecule has 0 bridgehead atoms. The number of ether oxygens (including phenoxy) is 2. The summed E-state index contributed by atoms with van der Waals surface area (Å²) in [5.74, 6) is 1.34. The van der Waals surface area contributed by atoms with Gasteiger partial charge in [-0.1, -0.05) is 12.2 Å². The fourth-order valence-electron chi connectivity index (χ4n) is 3.98. The van der Waals surface area contributed by atoms with Gasteiger partial charge in [0.1, 0.15) is 6.10 Å². The monoisotopic (exact) mass is 427 g/mol. The normalized spacial score (nSPS) is 31.3. The Bertz CT molecular complexity index is 732. The van der Waals surface area contributed by atoms with Gasteiger partial charge in [-0.15, -0.1) is 0 Å². The Morgan fingerprint density at radius 2 is 2.30 bits per heavy atom. The van der Waals surface area contributed by atoms with Crippen LogP contribution in [0.25, 0.3) is 0 Å². The number of methoxy groups -OCH3 is 1. The molecule has 1 aromatic carbocycles. The highest BCUT2D eigenvalue weighted by atomic mass is 127. The van der Waals surface area contributed by atoms with Crippen LogP contribution in [0.1, 0.15) is 28.8 Å². The average molecular weight is 427 g/mol. The minimum atomic E-state index is -0.509. The second-order valence-electron chi connectivity index (χ2n) is 6.43. The van der Waals surface area contributed by atoms with Gasteiger partial charge in [0.05, 0.1) is 24.2 Å². The van der Waals surface area contributed by atoms with E-state index < -0.39 is 6.10 Å². The maximum atomic E-state index is 12.9. The van der Waals surface area contributed by atoms with Crippen LogP contribution in [0.3, 0.4) is 0 Å². The molecule has 4 rings (SSSR count). The number of hydrogen-bond donors (Lipinski definition) is 1. The molecular weight excluding hydrogens is 409 g/mol. The molecule has 0 saturated heterocycles. The van der Waals surface area contributed by atoms with Crippen molar-refractivity contribution in [3.8, 4) is 11.5 Å². The lowest BCUT2D eigenvalue weighted by Crippen LogP contribution is -2.42. The summed E-state index contributed by atoms with van der Waals surface area (Å²) >= 11 is 2.20. The SMILES string of the molecule is COc1cc(I)c2c3c1O[C@H]1C[C@@H](O)C=C[C@@]31CCN(C)C2=O. The topological polar surface area (TPSA) is 59.0 Å². The summed E-state index contributed by atoms with van der Waals surface area (Å²) in [6.07, 6.45) is 4.52. The minimum Gasteiger partial charge on any atom is -0.493 e. The van der Waals surface area contributed by atoms with Gasteiger partial charge < -0.3 is 19.5 Å². The number of benzene rings is 1. The van der Waals surface area contributed by atoms with Crippen molar-refractivity contribution in [2.45, 2.75) is 30.5 Å². The summed E-state index contributed by atoms with van der Waals surface area (Å²) in [6.45, 7) is 0.658. The number of halogens is 1. The van der Waals surface area contributed by atoms with Gasteiger partial charge in [0.15, 0.2) is 11.5 Å². The standard InChI is InChI=1S/C17H18INO4/c1-19-6-5-17-4-3-9(20)7-12(17)23-15-11(22-2)8-10(18)13(14(15)17)16(19)21/h3-4,8-9,12,20H,5-7H2,1-2H3/t9-,12-,17-/m0/s1. The van der Waals surface area contributed by atoms with Crippen LogP contribution in [-0.2, 0) is 5.41 Å². The van der Waals surface area contributed by atoms with Crippen LogP contribution in [0.4, 0.5) is 0 Å². The lowest BCUT2D eigenvalue weighted by atomic mass is 9.69. The Morgan fingerprint density at radius 3 is 3.04 bits per heavy atom. The van der Waals surface area contributed by atoms with Crippen molar-refractivity contribution in [2.24, 2.45) is 0 Å². The molecule has 0 aromatic heterocycles. The van der Waals surface area contributed by atoms with Crippen molar-refractivity contribution in [1.82, 2.24) is 4.90 Å². The summed E-state index contributed by atoms with van der Waals surface area (Å²) < 4.78 is 12.6. The summed E-state index contributed by atoms with van der Waals surface area (Å²) in [4.78, 5) is 14.6. The first kappa shape index (κ1) is 15.3. The van der Waals surface area contributed by atoms with Crippen molar-refractivity contribution in [3.05, 3.63) is 32.9 Å². The zero-order chi connectivity index (χ0) is 16.4. The Labute approximate surface area is 148 Å². The van der Waals surface area contributed by atoms with E-state index in [1.165, 1.54) is 0 Å². The third-order valence-electron chi connectivity index (χ3n) is 5.21. The van der Waals surface area contributed by atoms with E-state index in [4.69, 9.17) is 9.47 Å². The van der Waals surface area contributed by atoms with Crippen LogP contribution in [0, 0.1) is 3.57 Å². The van der Waals surface area contributed by atoms with Crippen molar-refractivity contribution in [2.75, 3.05) is 20.7 Å². The number of aliphatic hydroxyl groups is 1. The smallest absolute Gasteiger partial charge is 0.255 e. The molecule has 23 heavy (non-hydrogen) atoms. The Kier molecular flexibility index (Phi) is 3.39. The molecule has 3 atom stereocenters. The van der Waals surface area contributed by atoms with Crippen LogP contribution >= 0.6 is 22.6 Å². The maximum absolute atomic E-state index is 12.9. The predicted octanol–water partition coefficient (Wildman–Crippen LogP) is 2.10. The molecule has 6 heteroatoms. The highest BCUT2D eigenvalue weighted by Crippen LogP contribution is 2.56. The molecule has 2 heterocycles. The summed E-state index contributed by atoms with van der Waals surface area (Å²) in [5, 5.41) is 10.0. The molecule has 122 valence electrons. The number of carbonyl (C=O) groups excluding carboxylic acids is 1. The van der Waals surface area contributed by atoms with Gasteiger partial charge >= 0.3 is 0 Å². The van der Waals surface area contributed by atoms with Crippen LogP contribution in [-0.4, -0.2) is 48.8 Å². The van der Waals surface area contributed by atoms with E-state index in [0.29, 0.717) is 30.0 Å². The van der Waals surface area contributed by atoms with Crippen LogP contribution in [0.15, 0.2) is 18.2 Å². The fraction of sp³-hybridized carbons (Fsp3) is 0.471. The Hall–Kier alpha value is -1.28. The van der Waals surface area contributed by atoms with Crippen LogP contribution in [0.2, 0.25) is 0 Å². The van der Waals surface area contributed by atoms with E-state index in [-0.39, 0.29) is 17.4 Å². The second-order valence-corrected chi connectivity index (χ2v) is 7.59. The molecule has 3 aliphatic rings. The zero-order valence-electron chi connectivity index (χ0n) is 13.0. The quantitative estimate of drug-likeness (QED) is 0.551. The molecule has 1 aromatic rings. The van der Waals surface area contributed by atoms with Gasteiger partial charge in [-0.3, -0.25) is 4.79 Å². The Morgan fingerprint density at radius 1 is 1.52 bits per heavy atom. The van der Waals surface area contributed by atoms with Gasteiger partial charge in [0, 0.05) is 29.1 Å². The second kappa shape index (κ2) is 5.11. The number of nitrogens with zero attached hydrogens (tertiary/aromatic N) is 1. The number of hydrogen-bond acceptors (Lipinski definition) is 4. The van der Waals surface area contributed by atoms with Crippen molar-refractivity contribution in [3.63, 3.8) is 0 Å². The van der Waals surface area contributed by atoms with Gasteiger partial charge in [-0.25, -0.2) is 0 Å². The highest BCUT2D eigenvalue weighted by Gasteiger charge is 2.54. The lowest BCUT2D eigenvalue weighted by molar-refractivity contribution is 0.0730. The Balaban J connectivity index is 2.05. The van der Waals surface area contributed by atoms with E-state index in [0.717, 1.165) is 15.6 Å². The molecule has 0 saturated carbocycles. The maximum Gasteiger partial charge on any atom is 0.255 e. The molecule has 0 fully saturated rings. The average Bonchev–Trinajstić information content (AvgIpc) is 2.80. The molecule has 0 radical (unpaired) electrons. The highest BCUT2D eigenvalue weighted by molar-refractivity contribution is 14.1. The third-order valence-corrected chi connectivity index (χ3v) is 6.06. The van der Waals surface area contributed by atoms with Crippen molar-refractivity contribution >= 4 is 28.5 Å². The molecule has 1 amide bonds. The van der Waals surface area contributed by atoms with E-state index in [2.05, 4.69) is 22.6 Å². The molecule has 5 nitrogen and oxygen atoms in total. The van der Waals surface area contributed by atoms with E-state index in [9.17, 15) is 9.90 Å². The molecule has 2 aliphatic heterocycles. The molecule has 0 unspecified atom stereocenters. The van der Waals surface area contributed by atoms with Gasteiger partial charge in [0.2, 0.25) is 0 Å². The van der Waals surface area contributed by atoms with Crippen LogP contribution in [0.5, 0.6) is 11.5 Å². The van der Waals surface area contributed by atoms with E-state index in [1.54, 1.807) is 12.0 Å². The largest absolute Gasteiger partial charge is 0.493 e. The fourth-order valence-corrected chi connectivity index (χ4v) is 4.77. The van der Waals surface area contributed by atoms with Crippen molar-refractivity contribution < 1.29 is 19.4 Å². The lowest BCUT2D eigenvalue weighted by Gasteiger charge is -2.35. The summed E-state index contributed by atoms with van der Waals surface area (Å²) in [5.41, 5.74) is 1.28. The van der Waals surface area contributed by atoms with Gasteiger partial charge in [0.25, 0.3) is 5.91 Å².